The summed E-state index contributed by atoms with van der Waals surface area (Å²) in [5.74, 6) is -0.268. The first kappa shape index (κ1) is 25.7. The van der Waals surface area contributed by atoms with Crippen molar-refractivity contribution in [1.82, 2.24) is 9.80 Å². The number of halogens is 3. The van der Waals surface area contributed by atoms with E-state index in [9.17, 15) is 23.2 Å². The predicted molar refractivity (Wildman–Crippen MR) is 139 cm³/mol. The van der Waals surface area contributed by atoms with Gasteiger partial charge in [0.2, 0.25) is 0 Å². The highest BCUT2D eigenvalue weighted by atomic mass is 32.2. The Kier molecular flexibility index (Phi) is 7.38. The average molecular weight is 530 g/mol. The van der Waals surface area contributed by atoms with E-state index in [-0.39, 0.29) is 11.5 Å². The number of anilines is 1. The van der Waals surface area contributed by atoms with Crippen molar-refractivity contribution >= 4 is 51.7 Å². The number of nitriles is 1. The summed E-state index contributed by atoms with van der Waals surface area (Å²) in [7, 11) is 1.65. The highest BCUT2D eigenvalue weighted by Crippen LogP contribution is 2.48. The van der Waals surface area contributed by atoms with Crippen LogP contribution in [0.5, 0.6) is 0 Å². The molecule has 2 aromatic rings. The Hall–Kier alpha value is -3.36. The number of amidine groups is 1. The highest BCUT2D eigenvalue weighted by Gasteiger charge is 2.40. The molecule has 0 aliphatic carbocycles. The predicted octanol–water partition coefficient (Wildman–Crippen LogP) is 6.44. The van der Waals surface area contributed by atoms with E-state index in [2.05, 4.69) is 11.4 Å². The SMILES string of the molecule is CCNc1ccc(C#N)cc1N=C1S/C(=C2\SC=C(c3ccccc3C(F)(F)F)N2C)C(=O)N1CC. The van der Waals surface area contributed by atoms with E-state index in [4.69, 9.17) is 4.99 Å². The molecule has 1 N–H and O–H groups in total. The van der Waals surface area contributed by atoms with Crippen molar-refractivity contribution in [3.8, 4) is 6.07 Å². The van der Waals surface area contributed by atoms with Gasteiger partial charge >= 0.3 is 6.18 Å². The molecular formula is C25H22F3N5OS2. The van der Waals surface area contributed by atoms with E-state index < -0.39 is 11.7 Å². The Labute approximate surface area is 215 Å². The van der Waals surface area contributed by atoms with Crippen LogP contribution in [0, 0.1) is 11.3 Å². The fourth-order valence-corrected chi connectivity index (χ4v) is 6.12. The third kappa shape index (κ3) is 4.83. The summed E-state index contributed by atoms with van der Waals surface area (Å²) in [5.41, 5.74) is 1.39. The van der Waals surface area contributed by atoms with Gasteiger partial charge in [-0.2, -0.15) is 18.4 Å². The van der Waals surface area contributed by atoms with Crippen molar-refractivity contribution in [2.75, 3.05) is 25.5 Å². The minimum Gasteiger partial charge on any atom is -0.384 e. The summed E-state index contributed by atoms with van der Waals surface area (Å²) >= 11 is 2.38. The number of likely N-dealkylation sites (N-methyl/N-ethyl adjacent to an activating group) is 1. The fourth-order valence-electron chi connectivity index (χ4n) is 3.82. The van der Waals surface area contributed by atoms with Crippen molar-refractivity contribution < 1.29 is 18.0 Å². The number of carbonyl (C=O) groups is 1. The molecule has 0 atom stereocenters. The summed E-state index contributed by atoms with van der Waals surface area (Å²) < 4.78 is 40.8. The third-order valence-electron chi connectivity index (χ3n) is 5.54. The molecule has 4 rings (SSSR count). The first-order chi connectivity index (χ1) is 17.2. The molecule has 0 saturated carbocycles. The summed E-state index contributed by atoms with van der Waals surface area (Å²) in [6, 6.07) is 12.6. The van der Waals surface area contributed by atoms with Crippen LogP contribution in [0.4, 0.5) is 24.5 Å². The number of aliphatic imine (C=N–C) groups is 1. The van der Waals surface area contributed by atoms with E-state index in [0.717, 1.165) is 11.8 Å². The second-order valence-electron chi connectivity index (χ2n) is 7.78. The molecule has 0 aromatic heterocycles. The number of benzene rings is 2. The lowest BCUT2D eigenvalue weighted by Gasteiger charge is -2.21. The molecule has 2 heterocycles. The van der Waals surface area contributed by atoms with Gasteiger partial charge in [0.1, 0.15) is 4.91 Å². The normalized spacial score (nSPS) is 19.2. The van der Waals surface area contributed by atoms with Gasteiger partial charge in [-0.3, -0.25) is 9.69 Å². The van der Waals surface area contributed by atoms with Crippen molar-refractivity contribution in [2.24, 2.45) is 4.99 Å². The Bertz CT molecular complexity index is 1340. The zero-order chi connectivity index (χ0) is 26.0. The van der Waals surface area contributed by atoms with Crippen LogP contribution in [0.25, 0.3) is 5.70 Å². The summed E-state index contributed by atoms with van der Waals surface area (Å²) in [6.07, 6.45) is -4.50. The number of nitrogens with one attached hydrogen (secondary N) is 1. The van der Waals surface area contributed by atoms with Crippen molar-refractivity contribution in [2.45, 2.75) is 20.0 Å². The molecule has 0 spiro atoms. The second-order valence-corrected chi connectivity index (χ2v) is 9.61. The molecule has 36 heavy (non-hydrogen) atoms. The van der Waals surface area contributed by atoms with E-state index in [1.54, 1.807) is 41.6 Å². The topological polar surface area (TPSA) is 71.7 Å². The van der Waals surface area contributed by atoms with Crippen molar-refractivity contribution in [1.29, 1.82) is 5.26 Å². The van der Waals surface area contributed by atoms with Gasteiger partial charge in [-0.15, -0.1) is 0 Å². The quantitative estimate of drug-likeness (QED) is 0.450. The maximum absolute atomic E-state index is 13.6. The number of thioether (sulfide) groups is 2. The number of amides is 1. The highest BCUT2D eigenvalue weighted by molar-refractivity contribution is 8.19. The average Bonchev–Trinajstić information content (AvgIpc) is 3.38. The zero-order valence-corrected chi connectivity index (χ0v) is 21.3. The molecule has 1 saturated heterocycles. The molecule has 0 unspecified atom stereocenters. The van der Waals surface area contributed by atoms with Gasteiger partial charge in [0.15, 0.2) is 5.17 Å². The van der Waals surface area contributed by atoms with Crippen LogP contribution in [0.15, 0.2) is 62.8 Å². The van der Waals surface area contributed by atoms with Crippen molar-refractivity contribution in [3.63, 3.8) is 0 Å². The maximum atomic E-state index is 13.6. The fraction of sp³-hybridized carbons (Fsp3) is 0.240. The number of rotatable bonds is 5. The molecular weight excluding hydrogens is 507 g/mol. The standard InChI is InChI=1S/C25H22F3N5OS2/c1-4-30-18-11-10-15(13-29)12-19(18)31-24-33(5-2)22(34)21(36-24)23-32(3)20(14-35-23)16-8-6-7-9-17(16)25(26,27)28/h6-12,14,30H,4-5H2,1-3H3/b23-21-,31-24?. The summed E-state index contributed by atoms with van der Waals surface area (Å²) in [5, 5.41) is 15.1. The molecule has 1 amide bonds. The van der Waals surface area contributed by atoms with E-state index in [0.29, 0.717) is 45.1 Å². The number of nitrogens with zero attached hydrogens (tertiary/aromatic N) is 4. The molecule has 2 aliphatic heterocycles. The number of alkyl halides is 3. The molecule has 2 aromatic carbocycles. The van der Waals surface area contributed by atoms with Crippen LogP contribution in [0.3, 0.4) is 0 Å². The molecule has 186 valence electrons. The van der Waals surface area contributed by atoms with Crippen LogP contribution in [0.2, 0.25) is 0 Å². The van der Waals surface area contributed by atoms with Gasteiger partial charge in [0, 0.05) is 31.1 Å². The van der Waals surface area contributed by atoms with Crippen LogP contribution < -0.4 is 5.32 Å². The Morgan fingerprint density at radius 1 is 1.17 bits per heavy atom. The van der Waals surface area contributed by atoms with E-state index in [1.807, 2.05) is 13.8 Å². The first-order valence-corrected chi connectivity index (χ1v) is 12.8. The Balaban J connectivity index is 1.72. The van der Waals surface area contributed by atoms with Crippen LogP contribution in [-0.4, -0.2) is 41.0 Å². The molecule has 0 radical (unpaired) electrons. The van der Waals surface area contributed by atoms with Gasteiger partial charge < -0.3 is 10.2 Å². The van der Waals surface area contributed by atoms with Crippen LogP contribution in [-0.2, 0) is 11.0 Å². The first-order valence-electron chi connectivity index (χ1n) is 11.1. The van der Waals surface area contributed by atoms with Gasteiger partial charge in [-0.25, -0.2) is 4.99 Å². The lowest BCUT2D eigenvalue weighted by molar-refractivity contribution is -0.137. The molecule has 0 bridgehead atoms. The van der Waals surface area contributed by atoms with E-state index >= 15 is 0 Å². The van der Waals surface area contributed by atoms with E-state index in [1.165, 1.54) is 40.6 Å². The third-order valence-corrected chi connectivity index (χ3v) is 7.78. The number of hydrogen-bond acceptors (Lipinski definition) is 7. The number of hydrogen-bond donors (Lipinski definition) is 1. The van der Waals surface area contributed by atoms with Gasteiger partial charge in [0.25, 0.3) is 5.91 Å². The monoisotopic (exact) mass is 529 g/mol. The van der Waals surface area contributed by atoms with Crippen LogP contribution in [0.1, 0.15) is 30.5 Å². The minimum atomic E-state index is -4.50. The molecule has 1 fully saturated rings. The summed E-state index contributed by atoms with van der Waals surface area (Å²) in [4.78, 5) is 21.6. The Morgan fingerprint density at radius 2 is 1.92 bits per heavy atom. The number of carbonyl (C=O) groups excluding carboxylic acids is 1. The van der Waals surface area contributed by atoms with Gasteiger partial charge in [0.05, 0.1) is 39.3 Å². The molecule has 2 aliphatic rings. The molecule has 6 nitrogen and oxygen atoms in total. The smallest absolute Gasteiger partial charge is 0.384 e. The summed E-state index contributed by atoms with van der Waals surface area (Å²) in [6.45, 7) is 4.78. The lowest BCUT2D eigenvalue weighted by Crippen LogP contribution is -2.29. The Morgan fingerprint density at radius 3 is 2.58 bits per heavy atom. The van der Waals surface area contributed by atoms with Crippen LogP contribution >= 0.6 is 23.5 Å². The second kappa shape index (κ2) is 10.3. The largest absolute Gasteiger partial charge is 0.417 e. The van der Waals surface area contributed by atoms with Gasteiger partial charge in [-0.05, 0) is 49.9 Å². The minimum absolute atomic E-state index is 0.0517. The maximum Gasteiger partial charge on any atom is 0.417 e. The van der Waals surface area contributed by atoms with Gasteiger partial charge in [-0.1, -0.05) is 30.0 Å². The lowest BCUT2D eigenvalue weighted by atomic mass is 10.0. The van der Waals surface area contributed by atoms with Crippen molar-refractivity contribution in [3.05, 3.63) is 74.5 Å². The molecule has 11 heteroatoms. The zero-order valence-electron chi connectivity index (χ0n) is 19.7.